The zero-order valence-electron chi connectivity index (χ0n) is 13.7. The molecule has 1 aromatic carbocycles. The van der Waals surface area contributed by atoms with E-state index in [9.17, 15) is 10.2 Å². The third-order valence-electron chi connectivity index (χ3n) is 4.40. The van der Waals surface area contributed by atoms with Crippen molar-refractivity contribution in [2.75, 3.05) is 6.54 Å². The Kier molecular flexibility index (Phi) is 7.36. The zero-order chi connectivity index (χ0) is 15.9. The highest BCUT2D eigenvalue weighted by molar-refractivity contribution is 5.33. The van der Waals surface area contributed by atoms with E-state index in [1.54, 1.807) is 0 Å². The van der Waals surface area contributed by atoms with E-state index in [0.717, 1.165) is 43.2 Å². The number of aryl methyl sites for hydroxylation is 2. The van der Waals surface area contributed by atoms with Crippen LogP contribution in [0.1, 0.15) is 68.7 Å². The lowest BCUT2D eigenvalue weighted by atomic mass is 9.87. The highest BCUT2D eigenvalue weighted by Gasteiger charge is 2.23. The second-order valence-corrected chi connectivity index (χ2v) is 6.11. The second-order valence-electron chi connectivity index (χ2n) is 6.11. The molecular weight excluding hydrogens is 262 g/mol. The van der Waals surface area contributed by atoms with Crippen molar-refractivity contribution < 1.29 is 10.2 Å². The molecule has 2 unspecified atom stereocenters. The Labute approximate surface area is 129 Å². The van der Waals surface area contributed by atoms with E-state index < -0.39 is 11.7 Å². The van der Waals surface area contributed by atoms with E-state index in [0.29, 0.717) is 13.0 Å². The summed E-state index contributed by atoms with van der Waals surface area (Å²) in [6.45, 7) is 6.64. The lowest BCUT2D eigenvalue weighted by Crippen LogP contribution is -2.28. The van der Waals surface area contributed by atoms with Gasteiger partial charge in [-0.1, -0.05) is 38.5 Å². The molecule has 0 spiro atoms. The van der Waals surface area contributed by atoms with Gasteiger partial charge in [0.1, 0.15) is 0 Å². The molecule has 2 atom stereocenters. The Balaban J connectivity index is 2.78. The highest BCUT2D eigenvalue weighted by atomic mass is 16.3. The minimum absolute atomic E-state index is 0.483. The highest BCUT2D eigenvalue weighted by Crippen LogP contribution is 2.26. The molecule has 0 saturated heterocycles. The maximum Gasteiger partial charge on any atom is 0.0804 e. The van der Waals surface area contributed by atoms with Crippen LogP contribution in [0.5, 0.6) is 0 Å². The summed E-state index contributed by atoms with van der Waals surface area (Å²) in [6.07, 6.45) is 4.33. The van der Waals surface area contributed by atoms with Crippen LogP contribution in [0, 0.1) is 6.92 Å². The van der Waals surface area contributed by atoms with Crippen LogP contribution in [0.25, 0.3) is 0 Å². The summed E-state index contributed by atoms with van der Waals surface area (Å²) in [7, 11) is 0. The number of benzene rings is 1. The third-order valence-corrected chi connectivity index (χ3v) is 4.40. The summed E-state index contributed by atoms with van der Waals surface area (Å²) in [4.78, 5) is 0. The molecule has 4 N–H and O–H groups in total. The molecule has 3 nitrogen and oxygen atoms in total. The SMILES string of the molecule is CCCC(O)(CC)CCc1ccc(C)c(C(O)CCN)c1. The van der Waals surface area contributed by atoms with Crippen LogP contribution in [0.2, 0.25) is 0 Å². The third kappa shape index (κ3) is 5.42. The van der Waals surface area contributed by atoms with Crippen molar-refractivity contribution in [3.8, 4) is 0 Å². The lowest BCUT2D eigenvalue weighted by molar-refractivity contribution is 0.0185. The zero-order valence-corrected chi connectivity index (χ0v) is 13.7. The van der Waals surface area contributed by atoms with E-state index in [1.165, 1.54) is 5.56 Å². The Bertz CT molecular complexity index is 433. The Hall–Kier alpha value is -0.900. The molecule has 0 radical (unpaired) electrons. The van der Waals surface area contributed by atoms with Crippen LogP contribution >= 0.6 is 0 Å². The Morgan fingerprint density at radius 2 is 1.95 bits per heavy atom. The summed E-state index contributed by atoms with van der Waals surface area (Å²) in [6, 6.07) is 6.21. The monoisotopic (exact) mass is 293 g/mol. The summed E-state index contributed by atoms with van der Waals surface area (Å²) in [5.74, 6) is 0. The van der Waals surface area contributed by atoms with Crippen molar-refractivity contribution in [1.82, 2.24) is 0 Å². The van der Waals surface area contributed by atoms with Crippen LogP contribution < -0.4 is 5.73 Å². The molecule has 0 bridgehead atoms. The smallest absolute Gasteiger partial charge is 0.0804 e. The molecule has 1 aromatic rings. The minimum Gasteiger partial charge on any atom is -0.390 e. The van der Waals surface area contributed by atoms with Crippen molar-refractivity contribution >= 4 is 0 Å². The first kappa shape index (κ1) is 18.1. The fourth-order valence-corrected chi connectivity index (χ4v) is 2.84. The molecule has 0 amide bonds. The fourth-order valence-electron chi connectivity index (χ4n) is 2.84. The first-order chi connectivity index (χ1) is 9.95. The van der Waals surface area contributed by atoms with Gasteiger partial charge in [-0.15, -0.1) is 0 Å². The standard InChI is InChI=1S/C18H31NO2/c1-4-10-18(21,5-2)11-8-15-7-6-14(3)16(13-15)17(20)9-12-19/h6-7,13,17,20-21H,4-5,8-12,19H2,1-3H3. The summed E-state index contributed by atoms with van der Waals surface area (Å²) >= 11 is 0. The van der Waals surface area contributed by atoms with Gasteiger partial charge in [-0.05, 0) is 62.3 Å². The number of nitrogens with two attached hydrogens (primary N) is 1. The number of hydrogen-bond donors (Lipinski definition) is 3. The molecular formula is C18H31NO2. The lowest BCUT2D eigenvalue weighted by Gasteiger charge is -2.26. The minimum atomic E-state index is -0.560. The normalized spacial score (nSPS) is 15.7. The van der Waals surface area contributed by atoms with E-state index in [1.807, 2.05) is 13.8 Å². The average molecular weight is 293 g/mol. The van der Waals surface area contributed by atoms with Crippen LogP contribution in [-0.2, 0) is 6.42 Å². The molecule has 120 valence electrons. The Morgan fingerprint density at radius 3 is 2.52 bits per heavy atom. The van der Waals surface area contributed by atoms with Crippen LogP contribution in [-0.4, -0.2) is 22.4 Å². The predicted octanol–water partition coefficient (Wildman–Crippen LogP) is 3.25. The largest absolute Gasteiger partial charge is 0.390 e. The van der Waals surface area contributed by atoms with Gasteiger partial charge in [0.05, 0.1) is 11.7 Å². The van der Waals surface area contributed by atoms with Crippen LogP contribution in [0.3, 0.4) is 0 Å². The topological polar surface area (TPSA) is 66.5 Å². The molecule has 0 aliphatic heterocycles. The van der Waals surface area contributed by atoms with E-state index in [-0.39, 0.29) is 0 Å². The van der Waals surface area contributed by atoms with E-state index in [4.69, 9.17) is 5.73 Å². The molecule has 0 fully saturated rings. The van der Waals surface area contributed by atoms with Gasteiger partial charge in [-0.2, -0.15) is 0 Å². The van der Waals surface area contributed by atoms with Gasteiger partial charge < -0.3 is 15.9 Å². The number of aliphatic hydroxyl groups excluding tert-OH is 1. The van der Waals surface area contributed by atoms with Gasteiger partial charge in [-0.25, -0.2) is 0 Å². The predicted molar refractivity (Wildman–Crippen MR) is 88.3 cm³/mol. The quantitative estimate of drug-likeness (QED) is 0.655. The van der Waals surface area contributed by atoms with E-state index >= 15 is 0 Å². The van der Waals surface area contributed by atoms with E-state index in [2.05, 4.69) is 25.1 Å². The molecule has 21 heavy (non-hydrogen) atoms. The molecule has 3 heteroatoms. The number of aliphatic hydroxyl groups is 2. The molecule has 0 aliphatic carbocycles. The molecule has 0 heterocycles. The van der Waals surface area contributed by atoms with Crippen molar-refractivity contribution in [1.29, 1.82) is 0 Å². The maximum atomic E-state index is 10.5. The number of hydrogen-bond acceptors (Lipinski definition) is 3. The molecule has 0 aromatic heterocycles. The van der Waals surface area contributed by atoms with Crippen molar-refractivity contribution in [3.63, 3.8) is 0 Å². The molecule has 0 aliphatic rings. The maximum absolute atomic E-state index is 10.5. The van der Waals surface area contributed by atoms with Crippen molar-refractivity contribution in [3.05, 3.63) is 34.9 Å². The summed E-state index contributed by atoms with van der Waals surface area (Å²) in [5.41, 5.74) is 8.21. The Morgan fingerprint density at radius 1 is 1.24 bits per heavy atom. The average Bonchev–Trinajstić information content (AvgIpc) is 2.47. The van der Waals surface area contributed by atoms with Gasteiger partial charge in [-0.3, -0.25) is 0 Å². The fraction of sp³-hybridized carbons (Fsp3) is 0.667. The first-order valence-corrected chi connectivity index (χ1v) is 8.15. The van der Waals surface area contributed by atoms with Gasteiger partial charge in [0, 0.05) is 0 Å². The second kappa shape index (κ2) is 8.52. The first-order valence-electron chi connectivity index (χ1n) is 8.15. The number of rotatable bonds is 9. The van der Waals surface area contributed by atoms with Crippen LogP contribution in [0.4, 0.5) is 0 Å². The summed E-state index contributed by atoms with van der Waals surface area (Å²) < 4.78 is 0. The van der Waals surface area contributed by atoms with Crippen molar-refractivity contribution in [2.45, 2.75) is 71.0 Å². The molecule has 0 saturated carbocycles. The van der Waals surface area contributed by atoms with Crippen molar-refractivity contribution in [2.24, 2.45) is 5.73 Å². The van der Waals surface area contributed by atoms with Crippen LogP contribution in [0.15, 0.2) is 18.2 Å². The molecule has 1 rings (SSSR count). The van der Waals surface area contributed by atoms with Gasteiger partial charge in [0.25, 0.3) is 0 Å². The summed E-state index contributed by atoms with van der Waals surface area (Å²) in [5, 5.41) is 20.7. The van der Waals surface area contributed by atoms with Gasteiger partial charge in [0.15, 0.2) is 0 Å². The van der Waals surface area contributed by atoms with Gasteiger partial charge in [0.2, 0.25) is 0 Å². The van der Waals surface area contributed by atoms with Gasteiger partial charge >= 0.3 is 0 Å².